The van der Waals surface area contributed by atoms with Crippen molar-refractivity contribution >= 4 is 70.8 Å². The molecular formula is C42H45N3O8S4. The van der Waals surface area contributed by atoms with Crippen LogP contribution in [0, 0.1) is 22.0 Å². The second-order valence-electron chi connectivity index (χ2n) is 13.8. The summed E-state index contributed by atoms with van der Waals surface area (Å²) in [7, 11) is 0. The van der Waals surface area contributed by atoms with E-state index in [1.165, 1.54) is 10.0 Å². The predicted molar refractivity (Wildman–Crippen MR) is 224 cm³/mol. The number of carbonyl (C=O) groups is 4. The number of fused-ring (bicyclic) bond motifs is 2. The van der Waals surface area contributed by atoms with Crippen molar-refractivity contribution in [1.82, 2.24) is 10.0 Å². The third-order valence-electron chi connectivity index (χ3n) is 9.86. The van der Waals surface area contributed by atoms with Crippen LogP contribution in [0.2, 0.25) is 0 Å². The third-order valence-corrected chi connectivity index (χ3v) is 14.9. The molecule has 3 heterocycles. The van der Waals surface area contributed by atoms with Gasteiger partial charge in [0.1, 0.15) is 9.81 Å². The molecule has 0 aromatic heterocycles. The van der Waals surface area contributed by atoms with E-state index in [4.69, 9.17) is 9.47 Å². The minimum Gasteiger partial charge on any atom is -0.424 e. The van der Waals surface area contributed by atoms with Crippen LogP contribution in [0.25, 0.3) is 0 Å². The average Bonchev–Trinajstić information content (AvgIpc) is 3.88. The van der Waals surface area contributed by atoms with Crippen molar-refractivity contribution in [2.75, 3.05) is 0 Å². The van der Waals surface area contributed by atoms with Crippen molar-refractivity contribution < 1.29 is 33.6 Å². The molecule has 3 aliphatic rings. The number of nitro groups is 1. The summed E-state index contributed by atoms with van der Waals surface area (Å²) in [4.78, 5) is 69.6. The number of esters is 2. The maximum atomic E-state index is 14.5. The van der Waals surface area contributed by atoms with Crippen LogP contribution in [0.4, 0.5) is 0 Å². The van der Waals surface area contributed by atoms with E-state index in [1.54, 1.807) is 0 Å². The van der Waals surface area contributed by atoms with E-state index in [0.29, 0.717) is 53.7 Å². The first kappa shape index (κ1) is 42.4. The van der Waals surface area contributed by atoms with E-state index in [-0.39, 0.29) is 30.2 Å². The zero-order valence-electron chi connectivity index (χ0n) is 32.3. The molecule has 0 N–H and O–H groups in total. The zero-order chi connectivity index (χ0) is 40.6. The van der Waals surface area contributed by atoms with Gasteiger partial charge in [0, 0.05) is 0 Å². The average molecular weight is 848 g/mol. The molecule has 3 aromatic carbocycles. The number of carbonyl (C=O) groups excluding carboxylic acids is 4. The normalized spacial score (nSPS) is 15.8. The lowest BCUT2D eigenvalue weighted by Gasteiger charge is -2.27. The van der Waals surface area contributed by atoms with Gasteiger partial charge in [0.15, 0.2) is 11.5 Å². The molecule has 11 nitrogen and oxygen atoms in total. The van der Waals surface area contributed by atoms with Crippen molar-refractivity contribution in [3.63, 3.8) is 0 Å². The smallest absolute Gasteiger partial charge is 0.314 e. The largest absolute Gasteiger partial charge is 0.424 e. The molecule has 2 unspecified atom stereocenters. The van der Waals surface area contributed by atoms with E-state index >= 15 is 0 Å². The molecule has 1 fully saturated rings. The first-order valence-electron chi connectivity index (χ1n) is 19.3. The van der Waals surface area contributed by atoms with E-state index in [9.17, 15) is 29.3 Å². The number of nitrogens with zero attached hydrogens (tertiary/aromatic N) is 3. The minimum atomic E-state index is -0.548. The lowest BCUT2D eigenvalue weighted by atomic mass is 10.00. The van der Waals surface area contributed by atoms with Gasteiger partial charge in [-0.15, -0.1) is 0 Å². The van der Waals surface area contributed by atoms with Gasteiger partial charge in [-0.1, -0.05) is 161 Å². The number of hydrogen-bond acceptors (Lipinski definition) is 12. The van der Waals surface area contributed by atoms with Crippen molar-refractivity contribution in [1.29, 1.82) is 0 Å². The van der Waals surface area contributed by atoms with E-state index in [0.717, 1.165) is 90.1 Å². The Labute approximate surface area is 349 Å². The number of hydrazine groups is 1. The summed E-state index contributed by atoms with van der Waals surface area (Å²) in [6, 6.07) is 18.9. The number of ether oxygens (including phenoxy) is 2. The maximum absolute atomic E-state index is 14.5. The quantitative estimate of drug-likeness (QED) is 0.0319. The molecule has 0 radical (unpaired) electrons. The Kier molecular flexibility index (Phi) is 14.5. The fourth-order valence-electron chi connectivity index (χ4n) is 6.66. The monoisotopic (exact) mass is 847 g/mol. The number of rotatable bonds is 17. The van der Waals surface area contributed by atoms with Gasteiger partial charge in [-0.2, -0.15) is 0 Å². The molecule has 1 saturated heterocycles. The van der Waals surface area contributed by atoms with Crippen LogP contribution >= 0.6 is 47.0 Å². The lowest BCUT2D eigenvalue weighted by Crippen LogP contribution is -2.39. The van der Waals surface area contributed by atoms with Crippen LogP contribution in [-0.2, 0) is 32.3 Å². The Morgan fingerprint density at radius 1 is 0.684 bits per heavy atom. The molecule has 15 heteroatoms. The third kappa shape index (κ3) is 9.59. The summed E-state index contributed by atoms with van der Waals surface area (Å²) in [6.45, 7) is 8.27. The van der Waals surface area contributed by atoms with Crippen LogP contribution in [0.5, 0.6) is 11.5 Å². The Hall–Kier alpha value is -4.18. The molecule has 3 aromatic rings. The highest BCUT2D eigenvalue weighted by Crippen LogP contribution is 2.68. The Morgan fingerprint density at radius 3 is 1.46 bits per heavy atom. The second-order valence-corrected chi connectivity index (χ2v) is 18.5. The highest BCUT2D eigenvalue weighted by molar-refractivity contribution is 8.26. The molecule has 0 spiro atoms. The minimum absolute atomic E-state index is 0.0409. The van der Waals surface area contributed by atoms with E-state index in [1.807, 2.05) is 74.5 Å². The molecule has 6 rings (SSSR count). The molecule has 57 heavy (non-hydrogen) atoms. The first-order valence-corrected chi connectivity index (χ1v) is 22.5. The number of benzene rings is 3. The van der Waals surface area contributed by atoms with Crippen LogP contribution in [-0.4, -0.2) is 38.7 Å². The number of thioether (sulfide) groups is 4. The van der Waals surface area contributed by atoms with Gasteiger partial charge in [0.05, 0.1) is 53.7 Å². The van der Waals surface area contributed by atoms with Gasteiger partial charge >= 0.3 is 11.9 Å². The molecule has 2 amide bonds. The van der Waals surface area contributed by atoms with Gasteiger partial charge in [0.2, 0.25) is 0 Å². The summed E-state index contributed by atoms with van der Waals surface area (Å²) in [6.07, 6.45) is 6.73. The zero-order valence-corrected chi connectivity index (χ0v) is 35.6. The molecule has 300 valence electrons. The SMILES string of the molecule is CCCCC(CC)C(=O)Oc1c2c(c(OC(=O)C(CC)CCCC)c3c1SC(=C1C(=O)N(Cc4ccccc4)N(Cc4ccccc4)C1=O)S3)SC(=C[N+](=O)[O-])S2. The Balaban J connectivity index is 1.49. The highest BCUT2D eigenvalue weighted by Gasteiger charge is 2.47. The summed E-state index contributed by atoms with van der Waals surface area (Å²) in [5.74, 6) is -2.27. The second kappa shape index (κ2) is 19.5. The Morgan fingerprint density at radius 2 is 1.09 bits per heavy atom. The van der Waals surface area contributed by atoms with Crippen LogP contribution in [0.15, 0.2) is 100 Å². The van der Waals surface area contributed by atoms with Gasteiger partial charge < -0.3 is 9.47 Å². The molecule has 3 aliphatic heterocycles. The van der Waals surface area contributed by atoms with Gasteiger partial charge in [-0.25, -0.2) is 10.0 Å². The van der Waals surface area contributed by atoms with Crippen molar-refractivity contribution in [3.8, 4) is 11.5 Å². The van der Waals surface area contributed by atoms with Crippen LogP contribution in [0.1, 0.15) is 90.2 Å². The summed E-state index contributed by atoms with van der Waals surface area (Å²) in [5.41, 5.74) is 1.64. The highest BCUT2D eigenvalue weighted by atomic mass is 32.2. The van der Waals surface area contributed by atoms with E-state index in [2.05, 4.69) is 13.8 Å². The summed E-state index contributed by atoms with van der Waals surface area (Å²) < 4.78 is 13.3. The molecule has 0 saturated carbocycles. The van der Waals surface area contributed by atoms with Crippen molar-refractivity contribution in [2.24, 2.45) is 11.8 Å². The standard InChI is InChI=1S/C42H45N3O8S4/c1-5-9-21-28(7-3)40(48)52-32-34-35(55-30(54-34)25-45(50)51)33(53-41(49)29(8-4)22-10-6-2)37-36(32)56-42(57-37)31-38(46)43(23-26-17-13-11-14-18-26)44(39(31)47)24-27-19-15-12-16-20-27/h11-20,25,28-29H,5-10,21-24H2,1-4H3. The van der Waals surface area contributed by atoms with Gasteiger partial charge in [-0.3, -0.25) is 29.3 Å². The predicted octanol–water partition coefficient (Wildman–Crippen LogP) is 10.6. The van der Waals surface area contributed by atoms with E-state index < -0.39 is 40.5 Å². The van der Waals surface area contributed by atoms with Crippen molar-refractivity contribution in [2.45, 2.75) is 112 Å². The summed E-state index contributed by atoms with van der Waals surface area (Å²) >= 11 is 4.37. The summed E-state index contributed by atoms with van der Waals surface area (Å²) in [5, 5.41) is 14.6. The lowest BCUT2D eigenvalue weighted by molar-refractivity contribution is -0.402. The maximum Gasteiger partial charge on any atom is 0.314 e. The van der Waals surface area contributed by atoms with Crippen LogP contribution in [0.3, 0.4) is 0 Å². The molecule has 0 bridgehead atoms. The molecule has 0 aliphatic carbocycles. The fraction of sp³-hybridized carbons (Fsp3) is 0.381. The first-order chi connectivity index (χ1) is 27.6. The number of unbranched alkanes of at least 4 members (excludes halogenated alkanes) is 2. The number of hydrogen-bond donors (Lipinski definition) is 0. The fourth-order valence-corrected chi connectivity index (χ4v) is 11.9. The Bertz CT molecular complexity index is 1960. The van der Waals surface area contributed by atoms with Gasteiger partial charge in [-0.05, 0) is 36.8 Å². The van der Waals surface area contributed by atoms with Crippen molar-refractivity contribution in [3.05, 3.63) is 102 Å². The number of amides is 2. The van der Waals surface area contributed by atoms with Gasteiger partial charge in [0.25, 0.3) is 18.0 Å². The molecule has 2 atom stereocenters. The topological polar surface area (TPSA) is 136 Å². The molecular weight excluding hydrogens is 803 g/mol. The van der Waals surface area contributed by atoms with Crippen LogP contribution < -0.4 is 9.47 Å².